The van der Waals surface area contributed by atoms with Crippen LogP contribution in [0.2, 0.25) is 0 Å². The molecule has 0 radical (unpaired) electrons. The zero-order valence-corrected chi connectivity index (χ0v) is 11.6. The molecule has 1 aromatic rings. The van der Waals surface area contributed by atoms with Gasteiger partial charge in [-0.25, -0.2) is 0 Å². The largest absolute Gasteiger partial charge is 0.368 e. The predicted octanol–water partition coefficient (Wildman–Crippen LogP) is 2.89. The van der Waals surface area contributed by atoms with E-state index in [2.05, 4.69) is 42.3 Å². The molecule has 3 rings (SSSR count). The van der Waals surface area contributed by atoms with E-state index in [9.17, 15) is 0 Å². The third-order valence-electron chi connectivity index (χ3n) is 4.43. The topological polar surface area (TPSA) is 15.3 Å². The lowest BCUT2D eigenvalue weighted by atomic mass is 9.93. The number of nitrogens with zero attached hydrogens (tertiary/aromatic N) is 1. The SMILES string of the molecule is Cc1ccc2c(c1)CCCN2C1CCNC(C)C1. The number of aryl methyl sites for hydroxylation is 2. The van der Waals surface area contributed by atoms with Crippen LogP contribution < -0.4 is 10.2 Å². The molecule has 1 N–H and O–H groups in total. The number of hydrogen-bond acceptors (Lipinski definition) is 2. The second-order valence-corrected chi connectivity index (χ2v) is 5.96. The lowest BCUT2D eigenvalue weighted by Gasteiger charge is -2.41. The summed E-state index contributed by atoms with van der Waals surface area (Å²) >= 11 is 0. The van der Waals surface area contributed by atoms with Crippen LogP contribution in [0.15, 0.2) is 18.2 Å². The van der Waals surface area contributed by atoms with Gasteiger partial charge in [0.25, 0.3) is 0 Å². The van der Waals surface area contributed by atoms with E-state index in [0.717, 1.165) is 6.04 Å². The molecule has 1 aromatic carbocycles. The first-order chi connectivity index (χ1) is 8.74. The zero-order chi connectivity index (χ0) is 12.5. The molecule has 98 valence electrons. The van der Waals surface area contributed by atoms with E-state index in [4.69, 9.17) is 0 Å². The van der Waals surface area contributed by atoms with E-state index < -0.39 is 0 Å². The Morgan fingerprint density at radius 1 is 1.33 bits per heavy atom. The molecule has 0 spiro atoms. The van der Waals surface area contributed by atoms with Crippen molar-refractivity contribution in [3.05, 3.63) is 29.3 Å². The molecule has 0 aromatic heterocycles. The molecule has 2 aliphatic heterocycles. The van der Waals surface area contributed by atoms with E-state index >= 15 is 0 Å². The summed E-state index contributed by atoms with van der Waals surface area (Å²) in [6, 6.07) is 8.40. The van der Waals surface area contributed by atoms with Crippen LogP contribution in [0.25, 0.3) is 0 Å². The van der Waals surface area contributed by atoms with E-state index in [1.165, 1.54) is 50.0 Å². The predicted molar refractivity (Wildman–Crippen MR) is 77.3 cm³/mol. The molecule has 1 fully saturated rings. The second kappa shape index (κ2) is 4.93. The maximum atomic E-state index is 3.56. The van der Waals surface area contributed by atoms with E-state index in [1.807, 2.05) is 0 Å². The molecule has 2 heteroatoms. The van der Waals surface area contributed by atoms with Crippen LogP contribution in [0.4, 0.5) is 5.69 Å². The number of benzene rings is 1. The van der Waals surface area contributed by atoms with Crippen LogP contribution in [0, 0.1) is 6.92 Å². The Balaban J connectivity index is 1.86. The van der Waals surface area contributed by atoms with E-state index in [0.29, 0.717) is 6.04 Å². The Hall–Kier alpha value is -1.02. The summed E-state index contributed by atoms with van der Waals surface area (Å²) in [6.45, 7) is 6.93. The number of hydrogen-bond donors (Lipinski definition) is 1. The first-order valence-corrected chi connectivity index (χ1v) is 7.33. The average Bonchev–Trinajstić information content (AvgIpc) is 2.37. The molecule has 2 atom stereocenters. The summed E-state index contributed by atoms with van der Waals surface area (Å²) < 4.78 is 0. The maximum absolute atomic E-state index is 3.56. The van der Waals surface area contributed by atoms with Crippen LogP contribution in [0.3, 0.4) is 0 Å². The van der Waals surface area contributed by atoms with Crippen molar-refractivity contribution in [3.8, 4) is 0 Å². The van der Waals surface area contributed by atoms with Gasteiger partial charge in [-0.15, -0.1) is 0 Å². The zero-order valence-electron chi connectivity index (χ0n) is 11.6. The van der Waals surface area contributed by atoms with Crippen LogP contribution in [-0.4, -0.2) is 25.2 Å². The first-order valence-electron chi connectivity index (χ1n) is 7.33. The molecule has 0 aliphatic carbocycles. The molecule has 0 saturated carbocycles. The highest BCUT2D eigenvalue weighted by Crippen LogP contribution is 2.32. The fourth-order valence-corrected chi connectivity index (χ4v) is 3.52. The van der Waals surface area contributed by atoms with Gasteiger partial charge in [-0.1, -0.05) is 17.7 Å². The summed E-state index contributed by atoms with van der Waals surface area (Å²) in [7, 11) is 0. The summed E-state index contributed by atoms with van der Waals surface area (Å²) in [5.74, 6) is 0. The molecule has 1 saturated heterocycles. The Morgan fingerprint density at radius 2 is 2.22 bits per heavy atom. The standard InChI is InChI=1S/C16H24N2/c1-12-5-6-16-14(10-12)4-3-9-18(16)15-7-8-17-13(2)11-15/h5-6,10,13,15,17H,3-4,7-9,11H2,1-2H3. The number of piperidine rings is 1. The van der Waals surface area contributed by atoms with Crippen molar-refractivity contribution in [2.24, 2.45) is 0 Å². The minimum absolute atomic E-state index is 0.666. The highest BCUT2D eigenvalue weighted by Gasteiger charge is 2.27. The Morgan fingerprint density at radius 3 is 3.06 bits per heavy atom. The van der Waals surface area contributed by atoms with Crippen LogP contribution in [0.1, 0.15) is 37.3 Å². The second-order valence-electron chi connectivity index (χ2n) is 5.96. The Kier molecular flexibility index (Phi) is 3.29. The van der Waals surface area contributed by atoms with Gasteiger partial charge >= 0.3 is 0 Å². The molecular weight excluding hydrogens is 220 g/mol. The quantitative estimate of drug-likeness (QED) is 0.817. The van der Waals surface area contributed by atoms with Crippen LogP contribution >= 0.6 is 0 Å². The van der Waals surface area contributed by atoms with Crippen molar-refractivity contribution in [2.75, 3.05) is 18.0 Å². The molecular formula is C16H24N2. The molecule has 2 aliphatic rings. The summed E-state index contributed by atoms with van der Waals surface area (Å²) in [6.07, 6.45) is 5.15. The summed E-state index contributed by atoms with van der Waals surface area (Å²) in [4.78, 5) is 2.68. The van der Waals surface area contributed by atoms with Gasteiger partial charge in [0.05, 0.1) is 0 Å². The van der Waals surface area contributed by atoms with Gasteiger partial charge in [0.15, 0.2) is 0 Å². The van der Waals surface area contributed by atoms with Crippen LogP contribution in [0.5, 0.6) is 0 Å². The molecule has 2 nitrogen and oxygen atoms in total. The van der Waals surface area contributed by atoms with Gasteiger partial charge in [0.2, 0.25) is 0 Å². The van der Waals surface area contributed by atoms with Crippen molar-refractivity contribution < 1.29 is 0 Å². The number of rotatable bonds is 1. The van der Waals surface area contributed by atoms with Crippen molar-refractivity contribution in [1.29, 1.82) is 0 Å². The van der Waals surface area contributed by atoms with Crippen LogP contribution in [-0.2, 0) is 6.42 Å². The van der Waals surface area contributed by atoms with E-state index in [1.54, 1.807) is 5.56 Å². The lowest BCUT2D eigenvalue weighted by molar-refractivity contribution is 0.359. The van der Waals surface area contributed by atoms with Crippen molar-refractivity contribution >= 4 is 5.69 Å². The average molecular weight is 244 g/mol. The molecule has 0 amide bonds. The normalized spacial score (nSPS) is 28.0. The molecule has 0 bridgehead atoms. The van der Waals surface area contributed by atoms with Gasteiger partial charge in [-0.3, -0.25) is 0 Å². The van der Waals surface area contributed by atoms with Crippen molar-refractivity contribution in [2.45, 2.75) is 51.6 Å². The monoisotopic (exact) mass is 244 g/mol. The maximum Gasteiger partial charge on any atom is 0.0401 e. The minimum Gasteiger partial charge on any atom is -0.368 e. The Bertz CT molecular complexity index is 427. The number of nitrogens with one attached hydrogen (secondary N) is 1. The number of fused-ring (bicyclic) bond motifs is 1. The summed E-state index contributed by atoms with van der Waals surface area (Å²) in [5, 5.41) is 3.56. The fraction of sp³-hybridized carbons (Fsp3) is 0.625. The lowest BCUT2D eigenvalue weighted by Crippen LogP contribution is -2.48. The third kappa shape index (κ3) is 2.26. The fourth-order valence-electron chi connectivity index (χ4n) is 3.52. The van der Waals surface area contributed by atoms with Crippen molar-refractivity contribution in [3.63, 3.8) is 0 Å². The first kappa shape index (κ1) is 12.0. The highest BCUT2D eigenvalue weighted by atomic mass is 15.2. The smallest absolute Gasteiger partial charge is 0.0401 e. The number of anilines is 1. The van der Waals surface area contributed by atoms with Gasteiger partial charge in [0.1, 0.15) is 0 Å². The Labute approximate surface area is 110 Å². The summed E-state index contributed by atoms with van der Waals surface area (Å²) in [5.41, 5.74) is 4.47. The molecule has 18 heavy (non-hydrogen) atoms. The van der Waals surface area contributed by atoms with Gasteiger partial charge in [-0.05, 0) is 57.7 Å². The van der Waals surface area contributed by atoms with Gasteiger partial charge < -0.3 is 10.2 Å². The molecule has 2 heterocycles. The highest BCUT2D eigenvalue weighted by molar-refractivity contribution is 5.57. The van der Waals surface area contributed by atoms with Crippen molar-refractivity contribution in [1.82, 2.24) is 5.32 Å². The van der Waals surface area contributed by atoms with E-state index in [-0.39, 0.29) is 0 Å². The van der Waals surface area contributed by atoms with Gasteiger partial charge in [-0.2, -0.15) is 0 Å². The van der Waals surface area contributed by atoms with Gasteiger partial charge in [0, 0.05) is 24.3 Å². The third-order valence-corrected chi connectivity index (χ3v) is 4.43. The molecule has 2 unspecified atom stereocenters. The minimum atomic E-state index is 0.666.